The maximum Gasteiger partial charge on any atom is 0.307 e. The Morgan fingerprint density at radius 1 is 1.21 bits per heavy atom. The zero-order valence-corrected chi connectivity index (χ0v) is 8.60. The summed E-state index contributed by atoms with van der Waals surface area (Å²) in [6.45, 7) is 4.00. The topological polar surface area (TPSA) is 37.3 Å². The maximum atomic E-state index is 10.2. The number of carbonyl (C=O) groups is 1. The lowest BCUT2D eigenvalue weighted by Gasteiger charge is -1.92. The average molecular weight is 192 g/mol. The van der Waals surface area contributed by atoms with Gasteiger partial charge in [-0.1, -0.05) is 44.2 Å². The van der Waals surface area contributed by atoms with Crippen molar-refractivity contribution in [1.29, 1.82) is 0 Å². The number of aliphatic carboxylic acids is 1. The highest BCUT2D eigenvalue weighted by atomic mass is 16.4. The Morgan fingerprint density at radius 3 is 2.00 bits per heavy atom. The first-order chi connectivity index (χ1) is 6.79. The number of carboxylic acids is 1. The molecule has 0 saturated heterocycles. The summed E-state index contributed by atoms with van der Waals surface area (Å²) in [5, 5.41) is 8.37. The van der Waals surface area contributed by atoms with E-state index in [1.807, 2.05) is 32.0 Å². The lowest BCUT2D eigenvalue weighted by molar-refractivity contribution is -0.136. The van der Waals surface area contributed by atoms with Gasteiger partial charge >= 0.3 is 5.97 Å². The fourth-order valence-corrected chi connectivity index (χ4v) is 0.770. The zero-order valence-electron chi connectivity index (χ0n) is 8.60. The third-order valence-corrected chi connectivity index (χ3v) is 1.20. The van der Waals surface area contributed by atoms with Gasteiger partial charge in [0, 0.05) is 0 Å². The Labute approximate surface area is 85.6 Å². The monoisotopic (exact) mass is 192 g/mol. The summed E-state index contributed by atoms with van der Waals surface area (Å²) in [5.74, 6) is -0.786. The van der Waals surface area contributed by atoms with Gasteiger partial charge < -0.3 is 5.11 Å². The van der Waals surface area contributed by atoms with Crippen molar-refractivity contribution in [3.05, 3.63) is 35.9 Å². The molecule has 2 heteroatoms. The highest BCUT2D eigenvalue weighted by Crippen LogP contribution is 1.98. The van der Waals surface area contributed by atoms with Crippen LogP contribution in [0.1, 0.15) is 19.4 Å². The first kappa shape index (κ1) is 14.8. The minimum absolute atomic E-state index is 0.112. The summed E-state index contributed by atoms with van der Waals surface area (Å²) < 4.78 is 0. The van der Waals surface area contributed by atoms with E-state index in [0.717, 1.165) is 5.56 Å². The summed E-state index contributed by atoms with van der Waals surface area (Å²) in [6, 6.07) is 9.13. The van der Waals surface area contributed by atoms with Crippen LogP contribution in [0, 0.1) is 12.8 Å². The molecule has 14 heavy (non-hydrogen) atoms. The van der Waals surface area contributed by atoms with E-state index < -0.39 is 5.97 Å². The van der Waals surface area contributed by atoms with Crippen molar-refractivity contribution in [2.75, 3.05) is 0 Å². The molecule has 0 saturated carbocycles. The van der Waals surface area contributed by atoms with E-state index in [1.165, 1.54) is 0 Å². The molecular weight excluding hydrogens is 176 g/mol. The minimum atomic E-state index is -0.786. The molecular formula is C12H16O2. The largest absolute Gasteiger partial charge is 0.481 e. The van der Waals surface area contributed by atoms with E-state index in [-0.39, 0.29) is 6.42 Å². The predicted molar refractivity (Wildman–Crippen MR) is 59.0 cm³/mol. The van der Waals surface area contributed by atoms with E-state index in [4.69, 9.17) is 5.11 Å². The number of benzene rings is 1. The van der Waals surface area contributed by atoms with Gasteiger partial charge in [-0.2, -0.15) is 0 Å². The van der Waals surface area contributed by atoms with Crippen molar-refractivity contribution in [2.45, 2.75) is 20.3 Å². The molecule has 0 amide bonds. The quantitative estimate of drug-likeness (QED) is 0.731. The summed E-state index contributed by atoms with van der Waals surface area (Å²) in [7, 11) is 0. The van der Waals surface area contributed by atoms with Crippen molar-refractivity contribution in [1.82, 2.24) is 0 Å². The molecule has 0 atom stereocenters. The maximum absolute atomic E-state index is 10.2. The molecule has 1 aromatic rings. The molecule has 0 aromatic heterocycles. The molecule has 1 rings (SSSR count). The molecule has 0 unspecified atom stereocenters. The minimum Gasteiger partial charge on any atom is -0.481 e. The van der Waals surface area contributed by atoms with Gasteiger partial charge in [0.1, 0.15) is 0 Å². The SMILES string of the molecule is C#C.CC.O=C(O)Cc1ccccc1. The van der Waals surface area contributed by atoms with Crippen LogP contribution in [0.3, 0.4) is 0 Å². The molecule has 0 spiro atoms. The first-order valence-electron chi connectivity index (χ1n) is 4.38. The summed E-state index contributed by atoms with van der Waals surface area (Å²) in [5.41, 5.74) is 0.843. The van der Waals surface area contributed by atoms with Crippen molar-refractivity contribution in [3.8, 4) is 12.8 Å². The van der Waals surface area contributed by atoms with Crippen LogP contribution in [-0.2, 0) is 11.2 Å². The van der Waals surface area contributed by atoms with Crippen molar-refractivity contribution >= 4 is 5.97 Å². The van der Waals surface area contributed by atoms with Gasteiger partial charge in [0.25, 0.3) is 0 Å². The van der Waals surface area contributed by atoms with Gasteiger partial charge in [-0.05, 0) is 5.56 Å². The van der Waals surface area contributed by atoms with Crippen LogP contribution in [0.25, 0.3) is 0 Å². The van der Waals surface area contributed by atoms with Crippen LogP contribution in [0.15, 0.2) is 30.3 Å². The smallest absolute Gasteiger partial charge is 0.307 e. The number of hydrogen-bond donors (Lipinski definition) is 1. The Balaban J connectivity index is 0. The van der Waals surface area contributed by atoms with Gasteiger partial charge in [0.05, 0.1) is 6.42 Å². The van der Waals surface area contributed by atoms with Crippen LogP contribution in [0.4, 0.5) is 0 Å². The van der Waals surface area contributed by atoms with E-state index >= 15 is 0 Å². The normalized spacial score (nSPS) is 7.14. The van der Waals surface area contributed by atoms with E-state index in [9.17, 15) is 4.79 Å². The van der Waals surface area contributed by atoms with Gasteiger partial charge in [0.15, 0.2) is 0 Å². The van der Waals surface area contributed by atoms with Crippen LogP contribution < -0.4 is 0 Å². The number of hydrogen-bond acceptors (Lipinski definition) is 1. The summed E-state index contributed by atoms with van der Waals surface area (Å²) in [4.78, 5) is 10.2. The highest BCUT2D eigenvalue weighted by Gasteiger charge is 1.96. The second kappa shape index (κ2) is 11.2. The lowest BCUT2D eigenvalue weighted by atomic mass is 10.2. The fourth-order valence-electron chi connectivity index (χ4n) is 0.770. The molecule has 2 nitrogen and oxygen atoms in total. The second-order valence-electron chi connectivity index (χ2n) is 2.06. The second-order valence-corrected chi connectivity index (χ2v) is 2.06. The Hall–Kier alpha value is -1.75. The first-order valence-corrected chi connectivity index (χ1v) is 4.38. The molecule has 1 N–H and O–H groups in total. The predicted octanol–water partition coefficient (Wildman–Crippen LogP) is 2.59. The lowest BCUT2D eigenvalue weighted by Crippen LogP contribution is -1.98. The standard InChI is InChI=1S/C8H8O2.C2H6.C2H2/c9-8(10)6-7-4-2-1-3-5-7;2*1-2/h1-5H,6H2,(H,9,10);1-2H3;1-2H. The van der Waals surface area contributed by atoms with Gasteiger partial charge in [-0.25, -0.2) is 0 Å². The number of carboxylic acid groups (broad SMARTS) is 1. The molecule has 0 aliphatic carbocycles. The third-order valence-electron chi connectivity index (χ3n) is 1.20. The van der Waals surface area contributed by atoms with E-state index in [1.54, 1.807) is 12.1 Å². The van der Waals surface area contributed by atoms with Gasteiger partial charge in [0.2, 0.25) is 0 Å². The van der Waals surface area contributed by atoms with Crippen molar-refractivity contribution in [2.24, 2.45) is 0 Å². The van der Waals surface area contributed by atoms with Gasteiger partial charge in [-0.15, -0.1) is 12.8 Å². The van der Waals surface area contributed by atoms with Crippen molar-refractivity contribution in [3.63, 3.8) is 0 Å². The molecule has 0 fully saturated rings. The molecule has 76 valence electrons. The molecule has 0 bridgehead atoms. The molecule has 0 aliphatic rings. The van der Waals surface area contributed by atoms with Crippen LogP contribution in [0.2, 0.25) is 0 Å². The third kappa shape index (κ3) is 8.35. The number of rotatable bonds is 2. The summed E-state index contributed by atoms with van der Waals surface area (Å²) in [6.07, 6.45) is 8.11. The Bertz CT molecular complexity index is 250. The van der Waals surface area contributed by atoms with Crippen molar-refractivity contribution < 1.29 is 9.90 Å². The fraction of sp³-hybridized carbons (Fsp3) is 0.250. The Kier molecular flexibility index (Phi) is 11.9. The molecule has 1 aromatic carbocycles. The molecule has 0 radical (unpaired) electrons. The van der Waals surface area contributed by atoms with E-state index in [2.05, 4.69) is 12.8 Å². The van der Waals surface area contributed by atoms with Crippen LogP contribution in [-0.4, -0.2) is 11.1 Å². The van der Waals surface area contributed by atoms with Gasteiger partial charge in [-0.3, -0.25) is 4.79 Å². The van der Waals surface area contributed by atoms with E-state index in [0.29, 0.717) is 0 Å². The zero-order chi connectivity index (χ0) is 11.4. The van der Waals surface area contributed by atoms with Crippen LogP contribution in [0.5, 0.6) is 0 Å². The average Bonchev–Trinajstić information content (AvgIpc) is 2.24. The molecule has 0 aliphatic heterocycles. The Morgan fingerprint density at radius 2 is 1.64 bits per heavy atom. The molecule has 0 heterocycles. The highest BCUT2D eigenvalue weighted by molar-refractivity contribution is 5.70. The summed E-state index contributed by atoms with van der Waals surface area (Å²) >= 11 is 0. The van der Waals surface area contributed by atoms with Crippen LogP contribution >= 0.6 is 0 Å². The number of terminal acetylenes is 1.